The van der Waals surface area contributed by atoms with Gasteiger partial charge in [0.25, 0.3) is 0 Å². The summed E-state index contributed by atoms with van der Waals surface area (Å²) in [5, 5.41) is 0. The Morgan fingerprint density at radius 3 is 2.27 bits per heavy atom. The van der Waals surface area contributed by atoms with Crippen molar-refractivity contribution in [3.63, 3.8) is 0 Å². The predicted molar refractivity (Wildman–Crippen MR) is 55.9 cm³/mol. The standard InChI is InChI=1S/C11H22NO2.BrH/c1-3-12(8-6-5-7-9-12)10-11(13)14-4-2;/h3-10H2,1-2H3;1H/q+1;/p-1. The summed E-state index contributed by atoms with van der Waals surface area (Å²) < 4.78 is 5.96. The van der Waals surface area contributed by atoms with E-state index in [-0.39, 0.29) is 23.0 Å². The van der Waals surface area contributed by atoms with E-state index < -0.39 is 0 Å². The number of ether oxygens (including phenoxy) is 1. The summed E-state index contributed by atoms with van der Waals surface area (Å²) in [7, 11) is 0. The minimum Gasteiger partial charge on any atom is -1.00 e. The van der Waals surface area contributed by atoms with Crippen LogP contribution in [0.4, 0.5) is 0 Å². The molecule has 0 amide bonds. The van der Waals surface area contributed by atoms with Crippen molar-refractivity contribution in [3.05, 3.63) is 0 Å². The second-order valence-corrected chi connectivity index (χ2v) is 4.13. The van der Waals surface area contributed by atoms with Crippen LogP contribution in [0.2, 0.25) is 0 Å². The minimum absolute atomic E-state index is 0. The fraction of sp³-hybridized carbons (Fsp3) is 0.909. The van der Waals surface area contributed by atoms with Crippen molar-refractivity contribution in [1.29, 1.82) is 0 Å². The number of halogens is 1. The Kier molecular flexibility index (Phi) is 7.18. The lowest BCUT2D eigenvalue weighted by Gasteiger charge is -2.39. The van der Waals surface area contributed by atoms with Gasteiger partial charge in [0, 0.05) is 0 Å². The average molecular weight is 280 g/mol. The quantitative estimate of drug-likeness (QED) is 0.466. The molecule has 1 aliphatic heterocycles. The van der Waals surface area contributed by atoms with Crippen molar-refractivity contribution in [2.45, 2.75) is 33.1 Å². The molecule has 0 aliphatic carbocycles. The summed E-state index contributed by atoms with van der Waals surface area (Å²) in [6, 6.07) is 0. The van der Waals surface area contributed by atoms with Gasteiger partial charge in [0.1, 0.15) is 0 Å². The molecule has 0 saturated carbocycles. The Morgan fingerprint density at radius 2 is 1.80 bits per heavy atom. The summed E-state index contributed by atoms with van der Waals surface area (Å²) in [6.45, 7) is 8.46. The molecule has 0 N–H and O–H groups in total. The molecule has 3 nitrogen and oxygen atoms in total. The second-order valence-electron chi connectivity index (χ2n) is 4.13. The monoisotopic (exact) mass is 279 g/mol. The first kappa shape index (κ1) is 14.9. The summed E-state index contributed by atoms with van der Waals surface area (Å²) in [5.41, 5.74) is 0. The van der Waals surface area contributed by atoms with Crippen LogP contribution >= 0.6 is 0 Å². The van der Waals surface area contributed by atoms with Crippen LogP contribution in [-0.2, 0) is 9.53 Å². The van der Waals surface area contributed by atoms with Gasteiger partial charge in [-0.2, -0.15) is 0 Å². The van der Waals surface area contributed by atoms with Crippen molar-refractivity contribution < 1.29 is 31.0 Å². The average Bonchev–Trinajstić information content (AvgIpc) is 2.19. The molecule has 4 heteroatoms. The number of hydrogen-bond acceptors (Lipinski definition) is 2. The second kappa shape index (κ2) is 7.23. The third-order valence-electron chi connectivity index (χ3n) is 3.21. The molecule has 0 bridgehead atoms. The number of nitrogens with zero attached hydrogens (tertiary/aromatic N) is 1. The zero-order valence-corrected chi connectivity index (χ0v) is 11.4. The highest BCUT2D eigenvalue weighted by Crippen LogP contribution is 2.18. The highest BCUT2D eigenvalue weighted by Gasteiger charge is 2.31. The lowest BCUT2D eigenvalue weighted by molar-refractivity contribution is -0.924. The van der Waals surface area contributed by atoms with Crippen LogP contribution in [0, 0.1) is 0 Å². The van der Waals surface area contributed by atoms with E-state index in [0.29, 0.717) is 13.2 Å². The van der Waals surface area contributed by atoms with E-state index in [1.165, 1.54) is 19.3 Å². The number of piperidine rings is 1. The van der Waals surface area contributed by atoms with E-state index in [1.54, 1.807) is 0 Å². The van der Waals surface area contributed by atoms with Gasteiger partial charge in [0.05, 0.1) is 26.2 Å². The van der Waals surface area contributed by atoms with Crippen LogP contribution < -0.4 is 17.0 Å². The molecule has 0 radical (unpaired) electrons. The summed E-state index contributed by atoms with van der Waals surface area (Å²) in [4.78, 5) is 11.4. The molecule has 1 fully saturated rings. The molecule has 0 aromatic heterocycles. The number of carbonyl (C=O) groups excluding carboxylic acids is 1. The highest BCUT2D eigenvalue weighted by molar-refractivity contribution is 5.70. The molecular formula is C11H22BrNO2. The van der Waals surface area contributed by atoms with E-state index >= 15 is 0 Å². The Balaban J connectivity index is 0.00000196. The van der Waals surface area contributed by atoms with E-state index in [2.05, 4.69) is 6.92 Å². The Bertz CT molecular complexity index is 191. The molecule has 15 heavy (non-hydrogen) atoms. The number of likely N-dealkylation sites (N-methyl/N-ethyl adjacent to an activating group) is 1. The SMILES string of the molecule is CCOC(=O)C[N+]1(CC)CCCCC1.[Br-]. The van der Waals surface area contributed by atoms with E-state index in [9.17, 15) is 4.79 Å². The molecule has 1 aliphatic rings. The Labute approximate surface area is 103 Å². The van der Waals surface area contributed by atoms with Crippen molar-refractivity contribution >= 4 is 5.97 Å². The molecule has 1 saturated heterocycles. The van der Waals surface area contributed by atoms with Crippen LogP contribution in [0.5, 0.6) is 0 Å². The number of esters is 1. The Hall–Kier alpha value is -0.0900. The lowest BCUT2D eigenvalue weighted by atomic mass is 10.1. The first-order valence-corrected chi connectivity index (χ1v) is 5.73. The van der Waals surface area contributed by atoms with Crippen molar-refractivity contribution in [1.82, 2.24) is 0 Å². The molecule has 0 aromatic rings. The van der Waals surface area contributed by atoms with Crippen LogP contribution in [-0.4, -0.2) is 43.2 Å². The maximum atomic E-state index is 11.4. The van der Waals surface area contributed by atoms with Crippen molar-refractivity contribution in [2.75, 3.05) is 32.8 Å². The summed E-state index contributed by atoms with van der Waals surface area (Å²) in [6.07, 6.45) is 3.84. The van der Waals surface area contributed by atoms with Gasteiger partial charge in [-0.1, -0.05) is 0 Å². The molecule has 0 aromatic carbocycles. The smallest absolute Gasteiger partial charge is 0.361 e. The van der Waals surface area contributed by atoms with Gasteiger partial charge in [0.2, 0.25) is 0 Å². The molecule has 1 heterocycles. The van der Waals surface area contributed by atoms with Crippen molar-refractivity contribution in [3.8, 4) is 0 Å². The first-order valence-electron chi connectivity index (χ1n) is 5.73. The van der Waals surface area contributed by atoms with Crippen molar-refractivity contribution in [2.24, 2.45) is 0 Å². The zero-order valence-electron chi connectivity index (χ0n) is 9.80. The van der Waals surface area contributed by atoms with Crippen LogP contribution in [0.3, 0.4) is 0 Å². The van der Waals surface area contributed by atoms with Crippen LogP contribution in [0.25, 0.3) is 0 Å². The fourth-order valence-electron chi connectivity index (χ4n) is 2.25. The number of hydrogen-bond donors (Lipinski definition) is 0. The van der Waals surface area contributed by atoms with Gasteiger partial charge in [-0.25, -0.2) is 4.79 Å². The van der Waals surface area contributed by atoms with Gasteiger partial charge < -0.3 is 26.2 Å². The van der Waals surface area contributed by atoms with Gasteiger partial charge in [-0.05, 0) is 33.1 Å². The third kappa shape index (κ3) is 4.51. The van der Waals surface area contributed by atoms with Gasteiger partial charge in [-0.15, -0.1) is 0 Å². The number of likely N-dealkylation sites (tertiary alicyclic amines) is 1. The van der Waals surface area contributed by atoms with E-state index in [0.717, 1.165) is 24.1 Å². The lowest BCUT2D eigenvalue weighted by Crippen LogP contribution is -3.00. The minimum atomic E-state index is -0.0312. The summed E-state index contributed by atoms with van der Waals surface area (Å²) >= 11 is 0. The Morgan fingerprint density at radius 1 is 1.20 bits per heavy atom. The van der Waals surface area contributed by atoms with E-state index in [4.69, 9.17) is 4.74 Å². The molecule has 0 spiro atoms. The maximum absolute atomic E-state index is 11.4. The van der Waals surface area contributed by atoms with Gasteiger partial charge in [0.15, 0.2) is 6.54 Å². The molecule has 0 unspecified atom stereocenters. The molecule has 1 rings (SSSR count). The topological polar surface area (TPSA) is 26.3 Å². The zero-order chi connectivity index (χ0) is 10.4. The molecular weight excluding hydrogens is 258 g/mol. The van der Waals surface area contributed by atoms with Gasteiger partial charge in [-0.3, -0.25) is 0 Å². The number of quaternary nitrogens is 1. The maximum Gasteiger partial charge on any atom is 0.361 e. The third-order valence-corrected chi connectivity index (χ3v) is 3.21. The van der Waals surface area contributed by atoms with Crippen LogP contribution in [0.15, 0.2) is 0 Å². The number of carbonyl (C=O) groups is 1. The predicted octanol–water partition coefficient (Wildman–Crippen LogP) is -1.43. The largest absolute Gasteiger partial charge is 1.00 e. The van der Waals surface area contributed by atoms with E-state index in [1.807, 2.05) is 6.92 Å². The fourth-order valence-corrected chi connectivity index (χ4v) is 2.25. The summed E-state index contributed by atoms with van der Waals surface area (Å²) in [5.74, 6) is -0.0312. The normalized spacial score (nSPS) is 19.1. The molecule has 0 atom stereocenters. The molecule has 90 valence electrons. The van der Waals surface area contributed by atoms with Crippen LogP contribution in [0.1, 0.15) is 33.1 Å². The highest BCUT2D eigenvalue weighted by atomic mass is 79.9. The van der Waals surface area contributed by atoms with Gasteiger partial charge >= 0.3 is 5.97 Å². The number of rotatable bonds is 4. The first-order chi connectivity index (χ1) is 6.72.